The molecule has 146 valence electrons. The fraction of sp³-hybridized carbons (Fsp3) is 0.429. The maximum absolute atomic E-state index is 13.3. The molecule has 3 heterocycles. The van der Waals surface area contributed by atoms with E-state index in [0.717, 1.165) is 42.5 Å². The summed E-state index contributed by atoms with van der Waals surface area (Å²) in [6.07, 6.45) is 1.05. The number of Topliss-reactive ketones (excluding diaryl/α,β-unsaturated/α-hetero) is 1. The third-order valence-electron chi connectivity index (χ3n) is 6.03. The molecule has 0 fully saturated rings. The predicted octanol–water partition coefficient (Wildman–Crippen LogP) is 4.33. The summed E-state index contributed by atoms with van der Waals surface area (Å²) in [6.45, 7) is 1.17. The highest BCUT2D eigenvalue weighted by molar-refractivity contribution is 6.12. The average molecular weight is 387 g/mol. The number of ketones is 1. The predicted molar refractivity (Wildman–Crippen MR) is 98.4 cm³/mol. The van der Waals surface area contributed by atoms with Gasteiger partial charge in [0.2, 0.25) is 0 Å². The van der Waals surface area contributed by atoms with E-state index in [0.29, 0.717) is 6.42 Å². The molecule has 1 atom stereocenters. The number of carbonyl (C=O) groups excluding carboxylic acids is 1. The average Bonchev–Trinajstić information content (AvgIpc) is 3.21. The van der Waals surface area contributed by atoms with E-state index in [2.05, 4.69) is 15.6 Å². The van der Waals surface area contributed by atoms with Crippen LogP contribution in [0.3, 0.4) is 0 Å². The number of imidazole rings is 1. The van der Waals surface area contributed by atoms with Crippen LogP contribution in [0.15, 0.2) is 30.6 Å². The van der Waals surface area contributed by atoms with Crippen molar-refractivity contribution in [2.45, 2.75) is 51.4 Å². The second kappa shape index (κ2) is 6.22. The topological polar surface area (TPSA) is 39.8 Å². The van der Waals surface area contributed by atoms with E-state index in [-0.39, 0.29) is 24.1 Å². The number of para-hydroxylation sites is 1. The number of rotatable bonds is 3. The second-order valence-electron chi connectivity index (χ2n) is 7.78. The molecule has 4 nitrogen and oxygen atoms in total. The van der Waals surface area contributed by atoms with Crippen LogP contribution in [0.25, 0.3) is 10.9 Å². The molecule has 1 aromatic carbocycles. The zero-order valence-electron chi connectivity index (χ0n) is 15.3. The molecule has 1 aliphatic heterocycles. The van der Waals surface area contributed by atoms with E-state index < -0.39 is 12.6 Å². The van der Waals surface area contributed by atoms with Crippen LogP contribution >= 0.6 is 0 Å². The smallest absolute Gasteiger partial charge is 0.344 e. The van der Waals surface area contributed by atoms with E-state index in [1.807, 2.05) is 12.1 Å². The van der Waals surface area contributed by atoms with E-state index in [4.69, 9.17) is 0 Å². The SMILES string of the molecule is O=C1c2c(n3c4c(cccc24)CCC3)CC[C@@H]1Cn1ccnc1CC(F)(F)F. The lowest BCUT2D eigenvalue weighted by molar-refractivity contribution is -0.129. The lowest BCUT2D eigenvalue weighted by atomic mass is 9.84. The number of halogens is 3. The standard InChI is InChI=1S/C21H20F3N3O/c22-21(23,24)11-17-25-8-10-26(17)12-14-6-7-16-18(20(14)28)15-5-1-3-13-4-2-9-27(16)19(13)15/h1,3,5,8,10,14H,2,4,6-7,9,11-12H2/t14-/m1/s1. The fourth-order valence-corrected chi connectivity index (χ4v) is 4.86. The van der Waals surface area contributed by atoms with Crippen molar-refractivity contribution in [2.75, 3.05) is 0 Å². The van der Waals surface area contributed by atoms with Crippen molar-refractivity contribution in [2.24, 2.45) is 5.92 Å². The van der Waals surface area contributed by atoms with Crippen molar-refractivity contribution in [3.05, 3.63) is 53.2 Å². The number of aromatic nitrogens is 3. The van der Waals surface area contributed by atoms with E-state index in [1.54, 1.807) is 6.20 Å². The first-order chi connectivity index (χ1) is 13.4. The molecule has 5 rings (SSSR count). The highest BCUT2D eigenvalue weighted by Gasteiger charge is 2.35. The van der Waals surface area contributed by atoms with Crippen molar-refractivity contribution < 1.29 is 18.0 Å². The Labute approximate surface area is 160 Å². The summed E-state index contributed by atoms with van der Waals surface area (Å²) in [5.74, 6) is -0.304. The molecule has 1 aliphatic carbocycles. The first-order valence-electron chi connectivity index (χ1n) is 9.66. The third-order valence-corrected chi connectivity index (χ3v) is 6.03. The van der Waals surface area contributed by atoms with Crippen molar-refractivity contribution in [3.8, 4) is 0 Å². The molecule has 0 saturated carbocycles. The van der Waals surface area contributed by atoms with Gasteiger partial charge >= 0.3 is 6.18 Å². The van der Waals surface area contributed by atoms with Gasteiger partial charge in [0.15, 0.2) is 5.78 Å². The molecular formula is C21H20F3N3O. The second-order valence-corrected chi connectivity index (χ2v) is 7.78. The molecule has 7 heteroatoms. The van der Waals surface area contributed by atoms with Crippen molar-refractivity contribution in [1.82, 2.24) is 14.1 Å². The van der Waals surface area contributed by atoms with Gasteiger partial charge in [0.25, 0.3) is 0 Å². The highest BCUT2D eigenvalue weighted by atomic mass is 19.4. The Hall–Kier alpha value is -2.57. The molecule has 2 aromatic heterocycles. The molecular weight excluding hydrogens is 367 g/mol. The number of hydrogen-bond donors (Lipinski definition) is 0. The quantitative estimate of drug-likeness (QED) is 0.671. The van der Waals surface area contributed by atoms with Crippen LogP contribution in [-0.2, 0) is 32.4 Å². The van der Waals surface area contributed by atoms with Gasteiger partial charge in [-0.2, -0.15) is 13.2 Å². The van der Waals surface area contributed by atoms with Crippen LogP contribution in [-0.4, -0.2) is 26.1 Å². The van der Waals surface area contributed by atoms with Crippen LogP contribution in [0.4, 0.5) is 13.2 Å². The fourth-order valence-electron chi connectivity index (χ4n) is 4.86. The molecule has 0 bridgehead atoms. The number of aryl methyl sites for hydroxylation is 2. The summed E-state index contributed by atoms with van der Waals surface area (Å²) >= 11 is 0. The summed E-state index contributed by atoms with van der Waals surface area (Å²) in [6, 6.07) is 6.13. The van der Waals surface area contributed by atoms with Gasteiger partial charge in [-0.25, -0.2) is 4.98 Å². The van der Waals surface area contributed by atoms with Crippen molar-refractivity contribution >= 4 is 16.7 Å². The maximum atomic E-state index is 13.3. The van der Waals surface area contributed by atoms with Gasteiger partial charge in [-0.15, -0.1) is 0 Å². The van der Waals surface area contributed by atoms with Gasteiger partial charge in [-0.3, -0.25) is 4.79 Å². The molecule has 3 aromatic rings. The summed E-state index contributed by atoms with van der Waals surface area (Å²) < 4.78 is 42.1. The van der Waals surface area contributed by atoms with Gasteiger partial charge in [-0.05, 0) is 31.2 Å². The van der Waals surface area contributed by atoms with Crippen LogP contribution in [0.5, 0.6) is 0 Å². The van der Waals surface area contributed by atoms with Gasteiger partial charge in [-0.1, -0.05) is 18.2 Å². The zero-order valence-corrected chi connectivity index (χ0v) is 15.3. The van der Waals surface area contributed by atoms with Crippen LogP contribution in [0.1, 0.15) is 40.3 Å². The maximum Gasteiger partial charge on any atom is 0.396 e. The van der Waals surface area contributed by atoms with Gasteiger partial charge in [0.1, 0.15) is 12.2 Å². The van der Waals surface area contributed by atoms with E-state index in [1.165, 1.54) is 21.8 Å². The molecule has 0 unspecified atom stereocenters. The number of benzene rings is 1. The number of hydrogen-bond acceptors (Lipinski definition) is 2. The summed E-state index contributed by atoms with van der Waals surface area (Å²) in [5, 5.41) is 1.00. The summed E-state index contributed by atoms with van der Waals surface area (Å²) in [5.41, 5.74) is 4.34. The van der Waals surface area contributed by atoms with Gasteiger partial charge < -0.3 is 9.13 Å². The van der Waals surface area contributed by atoms with E-state index in [9.17, 15) is 18.0 Å². The molecule has 0 saturated heterocycles. The minimum absolute atomic E-state index is 0.0336. The van der Waals surface area contributed by atoms with Crippen LogP contribution in [0.2, 0.25) is 0 Å². The molecule has 0 radical (unpaired) electrons. The largest absolute Gasteiger partial charge is 0.396 e. The molecule has 0 spiro atoms. The van der Waals surface area contributed by atoms with Gasteiger partial charge in [0.05, 0.1) is 5.52 Å². The monoisotopic (exact) mass is 387 g/mol. The first kappa shape index (κ1) is 17.5. The van der Waals surface area contributed by atoms with Crippen LogP contribution in [0, 0.1) is 5.92 Å². The minimum atomic E-state index is -4.31. The Balaban J connectivity index is 1.50. The Morgan fingerprint density at radius 2 is 2.07 bits per heavy atom. The molecule has 0 amide bonds. The normalized spacial score (nSPS) is 19.2. The Kier molecular flexibility index (Phi) is 3.89. The summed E-state index contributed by atoms with van der Waals surface area (Å²) in [7, 11) is 0. The summed E-state index contributed by atoms with van der Waals surface area (Å²) in [4.78, 5) is 17.2. The number of alkyl halides is 3. The van der Waals surface area contributed by atoms with Crippen molar-refractivity contribution in [1.29, 1.82) is 0 Å². The van der Waals surface area contributed by atoms with Gasteiger partial charge in [0, 0.05) is 48.0 Å². The van der Waals surface area contributed by atoms with E-state index >= 15 is 0 Å². The molecule has 0 N–H and O–H groups in total. The number of nitrogens with zero attached hydrogens (tertiary/aromatic N) is 3. The lowest BCUT2D eigenvalue weighted by Gasteiger charge is -2.24. The van der Waals surface area contributed by atoms with Crippen molar-refractivity contribution in [3.63, 3.8) is 0 Å². The molecule has 2 aliphatic rings. The Morgan fingerprint density at radius 1 is 1.21 bits per heavy atom. The Morgan fingerprint density at radius 3 is 2.89 bits per heavy atom. The molecule has 28 heavy (non-hydrogen) atoms. The number of carbonyl (C=O) groups is 1. The highest BCUT2D eigenvalue weighted by Crippen LogP contribution is 2.38. The third kappa shape index (κ3) is 2.75. The zero-order chi connectivity index (χ0) is 19.5. The van der Waals surface area contributed by atoms with Crippen LogP contribution < -0.4 is 0 Å². The lowest BCUT2D eigenvalue weighted by Crippen LogP contribution is -2.28. The first-order valence-corrected chi connectivity index (χ1v) is 9.66. The number of fused-ring (bicyclic) bond motifs is 3. The minimum Gasteiger partial charge on any atom is -0.344 e. The Bertz CT molecular complexity index is 1080.